The van der Waals surface area contributed by atoms with Crippen LogP contribution in [-0.2, 0) is 9.22 Å². The van der Waals surface area contributed by atoms with E-state index in [4.69, 9.17) is 4.43 Å². The molecule has 1 heterocycles. The normalized spacial score (nSPS) is 15.5. The average Bonchev–Trinajstić information content (AvgIpc) is 3.01. The van der Waals surface area contributed by atoms with Crippen molar-refractivity contribution in [2.24, 2.45) is 5.92 Å². The lowest BCUT2D eigenvalue weighted by Gasteiger charge is -2.39. The van der Waals surface area contributed by atoms with Gasteiger partial charge in [0.05, 0.1) is 16.8 Å². The zero-order valence-electron chi connectivity index (χ0n) is 19.6. The molecular weight excluding hydrogens is 394 g/mol. The number of allylic oxidation sites excluding steroid dienone is 1. The molecule has 0 saturated carbocycles. The molecule has 0 N–H and O–H groups in total. The standard InChI is InChI=1S/C24H37NO2SSi/c1-18(11-10-12-19(2)16-26)13-14-23(27-29(8,9)24(5,6)7)20(3)15-22-17-28-21(4)25-22/h13,15-17,19,23H,12,14H2,1-9H3/b18-13-,20-15+/t19-,23-/m0/s1. The van der Waals surface area contributed by atoms with Gasteiger partial charge in [0.25, 0.3) is 0 Å². The van der Waals surface area contributed by atoms with Crippen LogP contribution in [0, 0.1) is 24.7 Å². The van der Waals surface area contributed by atoms with Gasteiger partial charge in [0.1, 0.15) is 6.29 Å². The van der Waals surface area contributed by atoms with Gasteiger partial charge in [-0.1, -0.05) is 45.6 Å². The quantitative estimate of drug-likeness (QED) is 0.258. The van der Waals surface area contributed by atoms with Crippen LogP contribution in [-0.4, -0.2) is 25.7 Å². The fourth-order valence-corrected chi connectivity index (χ4v) is 4.28. The molecule has 0 aliphatic rings. The van der Waals surface area contributed by atoms with Crippen LogP contribution in [0.4, 0.5) is 0 Å². The Morgan fingerprint density at radius 3 is 2.52 bits per heavy atom. The summed E-state index contributed by atoms with van der Waals surface area (Å²) in [5, 5.41) is 3.30. The number of rotatable bonds is 8. The zero-order chi connectivity index (χ0) is 22.2. The minimum atomic E-state index is -1.92. The number of hydrogen-bond acceptors (Lipinski definition) is 4. The predicted molar refractivity (Wildman–Crippen MR) is 129 cm³/mol. The van der Waals surface area contributed by atoms with Gasteiger partial charge >= 0.3 is 0 Å². The maximum absolute atomic E-state index is 10.7. The molecular formula is C24H37NO2SSi. The minimum Gasteiger partial charge on any atom is -0.410 e. The molecule has 29 heavy (non-hydrogen) atoms. The Morgan fingerprint density at radius 1 is 1.34 bits per heavy atom. The first-order valence-electron chi connectivity index (χ1n) is 10.2. The molecule has 0 aromatic carbocycles. The average molecular weight is 432 g/mol. The molecule has 0 fully saturated rings. The fourth-order valence-electron chi connectivity index (χ4n) is 2.37. The van der Waals surface area contributed by atoms with Crippen molar-refractivity contribution in [2.45, 2.75) is 85.5 Å². The largest absolute Gasteiger partial charge is 0.410 e. The van der Waals surface area contributed by atoms with Crippen LogP contribution in [0.3, 0.4) is 0 Å². The second-order valence-corrected chi connectivity index (χ2v) is 15.1. The van der Waals surface area contributed by atoms with Gasteiger partial charge in [0.15, 0.2) is 8.32 Å². The molecule has 5 heteroatoms. The molecule has 0 radical (unpaired) electrons. The van der Waals surface area contributed by atoms with Gasteiger partial charge in [0, 0.05) is 17.7 Å². The van der Waals surface area contributed by atoms with Crippen molar-refractivity contribution in [1.82, 2.24) is 4.98 Å². The van der Waals surface area contributed by atoms with Gasteiger partial charge in [-0.2, -0.15) is 0 Å². The third kappa shape index (κ3) is 8.82. The molecule has 1 aromatic rings. The van der Waals surface area contributed by atoms with Crippen molar-refractivity contribution < 1.29 is 9.22 Å². The van der Waals surface area contributed by atoms with Crippen molar-refractivity contribution in [3.63, 3.8) is 0 Å². The lowest BCUT2D eigenvalue weighted by molar-refractivity contribution is -0.110. The summed E-state index contributed by atoms with van der Waals surface area (Å²) in [6, 6.07) is 0. The molecule has 2 atom stereocenters. The van der Waals surface area contributed by atoms with Crippen molar-refractivity contribution in [3.05, 3.63) is 33.3 Å². The second kappa shape index (κ2) is 11.1. The number of thiazole rings is 1. The van der Waals surface area contributed by atoms with E-state index in [-0.39, 0.29) is 17.1 Å². The highest BCUT2D eigenvalue weighted by Crippen LogP contribution is 2.38. The summed E-state index contributed by atoms with van der Waals surface area (Å²) in [4.78, 5) is 15.3. The maximum Gasteiger partial charge on any atom is 0.192 e. The number of aromatic nitrogens is 1. The van der Waals surface area contributed by atoms with E-state index < -0.39 is 8.32 Å². The van der Waals surface area contributed by atoms with Gasteiger partial charge in [0.2, 0.25) is 0 Å². The highest BCUT2D eigenvalue weighted by atomic mass is 32.1. The number of aldehydes is 1. The number of carbonyl (C=O) groups is 1. The summed E-state index contributed by atoms with van der Waals surface area (Å²) in [7, 11) is -1.92. The number of aryl methyl sites for hydroxylation is 1. The van der Waals surface area contributed by atoms with E-state index in [9.17, 15) is 4.79 Å². The molecule has 0 aliphatic heterocycles. The molecule has 1 aromatic heterocycles. The smallest absolute Gasteiger partial charge is 0.192 e. The Bertz CT molecular complexity index is 803. The summed E-state index contributed by atoms with van der Waals surface area (Å²) in [5.41, 5.74) is 3.20. The molecule has 0 aliphatic carbocycles. The number of nitrogens with zero attached hydrogens (tertiary/aromatic N) is 1. The minimum absolute atomic E-state index is 0.00328. The van der Waals surface area contributed by atoms with Crippen molar-refractivity contribution >= 4 is 32.0 Å². The SMILES string of the molecule is C/C(C#CC[C@H](C)C=O)=C/C[C@H](O[Si](C)(C)C(C)(C)C)/C(C)=C/c1csc(C)n1. The van der Waals surface area contributed by atoms with Crippen LogP contribution >= 0.6 is 11.3 Å². The highest BCUT2D eigenvalue weighted by Gasteiger charge is 2.39. The van der Waals surface area contributed by atoms with E-state index in [1.807, 2.05) is 20.8 Å². The van der Waals surface area contributed by atoms with Crippen LogP contribution < -0.4 is 0 Å². The molecule has 1 rings (SSSR count). The first-order chi connectivity index (χ1) is 13.4. The van der Waals surface area contributed by atoms with Gasteiger partial charge in [-0.25, -0.2) is 4.98 Å². The molecule has 0 bridgehead atoms. The molecule has 160 valence electrons. The van der Waals surface area contributed by atoms with Crippen LogP contribution in [0.2, 0.25) is 18.1 Å². The van der Waals surface area contributed by atoms with Gasteiger partial charge in [-0.05, 0) is 62.5 Å². The second-order valence-electron chi connectivity index (χ2n) is 9.29. The lowest BCUT2D eigenvalue weighted by atomic mass is 10.1. The zero-order valence-corrected chi connectivity index (χ0v) is 21.4. The lowest BCUT2D eigenvalue weighted by Crippen LogP contribution is -2.44. The van der Waals surface area contributed by atoms with E-state index >= 15 is 0 Å². The summed E-state index contributed by atoms with van der Waals surface area (Å²) >= 11 is 1.66. The van der Waals surface area contributed by atoms with Gasteiger partial charge in [-0.3, -0.25) is 0 Å². The van der Waals surface area contributed by atoms with E-state index in [0.717, 1.165) is 29.0 Å². The van der Waals surface area contributed by atoms with E-state index in [1.165, 1.54) is 5.57 Å². The van der Waals surface area contributed by atoms with Gasteiger partial charge in [-0.15, -0.1) is 11.3 Å². The van der Waals surface area contributed by atoms with Crippen molar-refractivity contribution in [2.75, 3.05) is 0 Å². The fraction of sp³-hybridized carbons (Fsp3) is 0.583. The van der Waals surface area contributed by atoms with E-state index in [0.29, 0.717) is 6.42 Å². The topological polar surface area (TPSA) is 39.2 Å². The predicted octanol–water partition coefficient (Wildman–Crippen LogP) is 6.81. The summed E-state index contributed by atoms with van der Waals surface area (Å²) < 4.78 is 6.76. The molecule has 0 unspecified atom stereocenters. The van der Waals surface area contributed by atoms with Crippen LogP contribution in [0.5, 0.6) is 0 Å². The number of carbonyl (C=O) groups excluding carboxylic acids is 1. The summed E-state index contributed by atoms with van der Waals surface area (Å²) in [5.74, 6) is 6.25. The summed E-state index contributed by atoms with van der Waals surface area (Å²) in [6.45, 7) is 19.4. The Morgan fingerprint density at radius 2 is 2.00 bits per heavy atom. The molecule has 0 saturated heterocycles. The molecule has 0 spiro atoms. The first-order valence-corrected chi connectivity index (χ1v) is 14.0. The maximum atomic E-state index is 10.7. The van der Waals surface area contributed by atoms with E-state index in [2.05, 4.69) is 75.1 Å². The van der Waals surface area contributed by atoms with Crippen LogP contribution in [0.1, 0.15) is 65.1 Å². The highest BCUT2D eigenvalue weighted by molar-refractivity contribution is 7.09. The molecule has 3 nitrogen and oxygen atoms in total. The first kappa shape index (κ1) is 25.6. The number of hydrogen-bond donors (Lipinski definition) is 0. The molecule has 0 amide bonds. The Labute approximate surface area is 182 Å². The third-order valence-corrected chi connectivity index (χ3v) is 10.6. The monoisotopic (exact) mass is 431 g/mol. The van der Waals surface area contributed by atoms with Crippen LogP contribution in [0.15, 0.2) is 22.6 Å². The van der Waals surface area contributed by atoms with Crippen LogP contribution in [0.25, 0.3) is 6.08 Å². The van der Waals surface area contributed by atoms with Crippen molar-refractivity contribution in [3.8, 4) is 11.8 Å². The van der Waals surface area contributed by atoms with E-state index in [1.54, 1.807) is 11.3 Å². The Balaban J connectivity index is 3.05. The Hall–Kier alpha value is -1.48. The summed E-state index contributed by atoms with van der Waals surface area (Å²) in [6.07, 6.45) is 6.62. The Kier molecular flexibility index (Phi) is 9.74. The van der Waals surface area contributed by atoms with Crippen molar-refractivity contribution in [1.29, 1.82) is 0 Å². The van der Waals surface area contributed by atoms with Gasteiger partial charge < -0.3 is 9.22 Å². The third-order valence-electron chi connectivity index (χ3n) is 5.34.